The lowest BCUT2D eigenvalue weighted by Crippen LogP contribution is -2.13. The molecule has 0 amide bonds. The van der Waals surface area contributed by atoms with Gasteiger partial charge in [-0.05, 0) is 48.2 Å². The number of halogens is 4. The number of ether oxygens (including phenoxy) is 1. The zero-order valence-electron chi connectivity index (χ0n) is 16.1. The van der Waals surface area contributed by atoms with E-state index in [2.05, 4.69) is 16.9 Å². The van der Waals surface area contributed by atoms with Gasteiger partial charge >= 0.3 is 5.97 Å². The minimum atomic E-state index is -1.64. The quantitative estimate of drug-likeness (QED) is 0.164. The van der Waals surface area contributed by atoms with E-state index in [1.807, 2.05) is 0 Å². The van der Waals surface area contributed by atoms with Gasteiger partial charge in [0.1, 0.15) is 11.6 Å². The summed E-state index contributed by atoms with van der Waals surface area (Å²) >= 11 is 0. The van der Waals surface area contributed by atoms with Crippen LogP contribution in [0.15, 0.2) is 42.7 Å². The molecule has 0 bridgehead atoms. The maximum Gasteiger partial charge on any atom is 0.381 e. The number of benzene rings is 2. The summed E-state index contributed by atoms with van der Waals surface area (Å²) in [5.41, 5.74) is 0.526. The van der Waals surface area contributed by atoms with Gasteiger partial charge in [0.05, 0.1) is 0 Å². The molecule has 0 saturated heterocycles. The highest BCUT2D eigenvalue weighted by molar-refractivity contribution is 5.87. The van der Waals surface area contributed by atoms with Crippen LogP contribution in [0.25, 0.3) is 11.1 Å². The van der Waals surface area contributed by atoms with Gasteiger partial charge in [-0.2, -0.15) is 0 Å². The van der Waals surface area contributed by atoms with E-state index in [4.69, 9.17) is 4.74 Å². The molecular formula is C22H18F4N2O2. The maximum absolute atomic E-state index is 14.4. The van der Waals surface area contributed by atoms with Crippen LogP contribution >= 0.6 is 0 Å². The van der Waals surface area contributed by atoms with Crippen molar-refractivity contribution in [2.45, 2.75) is 32.6 Å². The molecule has 2 aromatic carbocycles. The fraction of sp³-hybridized carbons (Fsp3) is 0.227. The van der Waals surface area contributed by atoms with E-state index < -0.39 is 29.2 Å². The molecule has 0 N–H and O–H groups in total. The molecule has 0 aliphatic heterocycles. The van der Waals surface area contributed by atoms with Crippen molar-refractivity contribution in [1.82, 2.24) is 9.97 Å². The van der Waals surface area contributed by atoms with E-state index in [1.165, 1.54) is 12.1 Å². The Balaban J connectivity index is 1.72. The number of hydrogen-bond acceptors (Lipinski definition) is 4. The molecule has 0 aliphatic rings. The van der Waals surface area contributed by atoms with Crippen molar-refractivity contribution in [3.05, 3.63) is 77.4 Å². The first kappa shape index (κ1) is 21.4. The Bertz CT molecular complexity index is 1030. The highest BCUT2D eigenvalue weighted by atomic mass is 19.2. The molecule has 4 nitrogen and oxygen atoms in total. The van der Waals surface area contributed by atoms with Crippen LogP contribution in [0.2, 0.25) is 0 Å². The number of hydrogen-bond donors (Lipinski definition) is 0. The summed E-state index contributed by atoms with van der Waals surface area (Å²) in [6, 6.07) is 4.65. The molecule has 3 rings (SSSR count). The van der Waals surface area contributed by atoms with Crippen LogP contribution in [0.4, 0.5) is 17.6 Å². The zero-order valence-corrected chi connectivity index (χ0v) is 16.1. The monoisotopic (exact) mass is 418 g/mol. The van der Waals surface area contributed by atoms with Crippen LogP contribution in [-0.2, 0) is 6.42 Å². The van der Waals surface area contributed by atoms with Crippen LogP contribution < -0.4 is 4.74 Å². The van der Waals surface area contributed by atoms with Crippen molar-refractivity contribution in [2.24, 2.45) is 0 Å². The fourth-order valence-corrected chi connectivity index (χ4v) is 2.83. The topological polar surface area (TPSA) is 52.1 Å². The standard InChI is InChI=1S/C22H18F4N2O2/c1-2-3-4-5-13-11-27-21(28-12-13)22(29)30-15-6-7-16(17(23)10-15)14-8-18(24)20(26)19(25)9-14/h6-12H,2-5H2,1H3. The lowest BCUT2D eigenvalue weighted by Gasteiger charge is -2.08. The Morgan fingerprint density at radius 3 is 2.20 bits per heavy atom. The maximum atomic E-state index is 14.4. The molecule has 3 aromatic rings. The van der Waals surface area contributed by atoms with Gasteiger partial charge in [-0.25, -0.2) is 32.3 Å². The highest BCUT2D eigenvalue weighted by Crippen LogP contribution is 2.29. The number of unbranched alkanes of at least 4 members (excludes halogenated alkanes) is 2. The zero-order chi connectivity index (χ0) is 21.7. The predicted octanol–water partition coefficient (Wildman–Crippen LogP) is 5.65. The van der Waals surface area contributed by atoms with Crippen LogP contribution in [0, 0.1) is 23.3 Å². The minimum Gasteiger partial charge on any atom is -0.421 e. The average molecular weight is 418 g/mol. The molecular weight excluding hydrogens is 400 g/mol. The van der Waals surface area contributed by atoms with Crippen molar-refractivity contribution < 1.29 is 27.1 Å². The largest absolute Gasteiger partial charge is 0.421 e. The number of aromatic nitrogens is 2. The molecule has 1 heterocycles. The van der Waals surface area contributed by atoms with E-state index in [9.17, 15) is 22.4 Å². The molecule has 0 aliphatic carbocycles. The third kappa shape index (κ3) is 5.00. The number of aryl methyl sites for hydroxylation is 1. The highest BCUT2D eigenvalue weighted by Gasteiger charge is 2.17. The van der Waals surface area contributed by atoms with E-state index in [0.29, 0.717) is 12.1 Å². The van der Waals surface area contributed by atoms with Crippen molar-refractivity contribution in [2.75, 3.05) is 0 Å². The Morgan fingerprint density at radius 2 is 1.60 bits per heavy atom. The lowest BCUT2D eigenvalue weighted by molar-refractivity contribution is 0.0721. The number of carbonyl (C=O) groups is 1. The second-order valence-corrected chi connectivity index (χ2v) is 6.66. The van der Waals surface area contributed by atoms with Gasteiger partial charge in [0.15, 0.2) is 17.5 Å². The lowest BCUT2D eigenvalue weighted by atomic mass is 10.0. The van der Waals surface area contributed by atoms with Crippen molar-refractivity contribution >= 4 is 5.97 Å². The molecule has 0 unspecified atom stereocenters. The summed E-state index contributed by atoms with van der Waals surface area (Å²) in [6.07, 6.45) is 7.06. The normalized spacial score (nSPS) is 10.8. The number of nitrogens with zero attached hydrogens (tertiary/aromatic N) is 2. The van der Waals surface area contributed by atoms with Gasteiger partial charge < -0.3 is 4.74 Å². The summed E-state index contributed by atoms with van der Waals surface area (Å²) in [5, 5.41) is 0. The van der Waals surface area contributed by atoms with Gasteiger partial charge in [0, 0.05) is 24.0 Å². The van der Waals surface area contributed by atoms with Crippen LogP contribution in [0.3, 0.4) is 0 Å². The van der Waals surface area contributed by atoms with Crippen molar-refractivity contribution in [3.8, 4) is 16.9 Å². The fourth-order valence-electron chi connectivity index (χ4n) is 2.83. The number of rotatable bonds is 7. The number of carbonyl (C=O) groups excluding carboxylic acids is 1. The summed E-state index contributed by atoms with van der Waals surface area (Å²) in [5.74, 6) is -6.60. The first-order chi connectivity index (χ1) is 14.4. The van der Waals surface area contributed by atoms with Gasteiger partial charge in [-0.1, -0.05) is 19.8 Å². The Kier molecular flexibility index (Phi) is 6.76. The molecule has 156 valence electrons. The first-order valence-electron chi connectivity index (χ1n) is 9.36. The second kappa shape index (κ2) is 9.47. The molecule has 30 heavy (non-hydrogen) atoms. The minimum absolute atomic E-state index is 0.139. The molecule has 0 spiro atoms. The summed E-state index contributed by atoms with van der Waals surface area (Å²) in [4.78, 5) is 20.1. The number of esters is 1. The Hall–Kier alpha value is -3.29. The second-order valence-electron chi connectivity index (χ2n) is 6.66. The Labute approximate surface area is 170 Å². The summed E-state index contributed by atoms with van der Waals surface area (Å²) < 4.78 is 59.3. The summed E-state index contributed by atoms with van der Waals surface area (Å²) in [6.45, 7) is 2.10. The smallest absolute Gasteiger partial charge is 0.381 e. The molecule has 8 heteroatoms. The first-order valence-corrected chi connectivity index (χ1v) is 9.36. The molecule has 0 radical (unpaired) electrons. The SMILES string of the molecule is CCCCCc1cnc(C(=O)Oc2ccc(-c3cc(F)c(F)c(F)c3)c(F)c2)nc1. The van der Waals surface area contributed by atoms with Crippen LogP contribution in [-0.4, -0.2) is 15.9 Å². The molecule has 1 aromatic heterocycles. The molecule has 0 saturated carbocycles. The molecule has 0 fully saturated rings. The molecule has 0 atom stereocenters. The van der Waals surface area contributed by atoms with E-state index in [0.717, 1.165) is 37.3 Å². The third-order valence-electron chi connectivity index (χ3n) is 4.40. The summed E-state index contributed by atoms with van der Waals surface area (Å²) in [7, 11) is 0. The van der Waals surface area contributed by atoms with E-state index >= 15 is 0 Å². The van der Waals surface area contributed by atoms with Crippen LogP contribution in [0.5, 0.6) is 5.75 Å². The van der Waals surface area contributed by atoms with Crippen molar-refractivity contribution in [1.29, 1.82) is 0 Å². The van der Waals surface area contributed by atoms with E-state index in [1.54, 1.807) is 12.4 Å². The van der Waals surface area contributed by atoms with Crippen molar-refractivity contribution in [3.63, 3.8) is 0 Å². The predicted molar refractivity (Wildman–Crippen MR) is 102 cm³/mol. The van der Waals surface area contributed by atoms with E-state index in [-0.39, 0.29) is 22.7 Å². The van der Waals surface area contributed by atoms with Gasteiger partial charge in [0.2, 0.25) is 5.82 Å². The van der Waals surface area contributed by atoms with Gasteiger partial charge in [0.25, 0.3) is 0 Å². The van der Waals surface area contributed by atoms with Crippen LogP contribution in [0.1, 0.15) is 42.4 Å². The third-order valence-corrected chi connectivity index (χ3v) is 4.40. The van der Waals surface area contributed by atoms with Gasteiger partial charge in [-0.15, -0.1) is 0 Å². The average Bonchev–Trinajstić information content (AvgIpc) is 2.72. The van der Waals surface area contributed by atoms with Gasteiger partial charge in [-0.3, -0.25) is 0 Å². The Morgan fingerprint density at radius 1 is 0.933 bits per heavy atom.